The van der Waals surface area contributed by atoms with Gasteiger partial charge in [-0.25, -0.2) is 0 Å². The van der Waals surface area contributed by atoms with Crippen molar-refractivity contribution >= 4 is 0 Å². The second-order valence-corrected chi connectivity index (χ2v) is 3.16. The summed E-state index contributed by atoms with van der Waals surface area (Å²) in [5, 5.41) is 3.33. The van der Waals surface area contributed by atoms with Crippen molar-refractivity contribution in [3.63, 3.8) is 0 Å². The fourth-order valence-corrected chi connectivity index (χ4v) is 1.51. The molecule has 12 heavy (non-hydrogen) atoms. The summed E-state index contributed by atoms with van der Waals surface area (Å²) in [5.74, 6) is 0. The summed E-state index contributed by atoms with van der Waals surface area (Å²) in [6.45, 7) is 5.53. The molecule has 3 nitrogen and oxygen atoms in total. The first-order chi connectivity index (χ1) is 5.95. The van der Waals surface area contributed by atoms with Gasteiger partial charge in [0, 0.05) is 38.3 Å². The van der Waals surface area contributed by atoms with Gasteiger partial charge in [0.05, 0.1) is 12.5 Å². The van der Waals surface area contributed by atoms with Gasteiger partial charge in [-0.1, -0.05) is 0 Å². The Morgan fingerprint density at radius 3 is 2.92 bits per heavy atom. The van der Waals surface area contributed by atoms with Crippen molar-refractivity contribution in [3.05, 3.63) is 24.2 Å². The van der Waals surface area contributed by atoms with Crippen LogP contribution in [-0.4, -0.2) is 31.1 Å². The van der Waals surface area contributed by atoms with Crippen molar-refractivity contribution in [2.24, 2.45) is 0 Å². The molecule has 0 aromatic carbocycles. The monoisotopic (exact) mass is 166 g/mol. The lowest BCUT2D eigenvalue weighted by Crippen LogP contribution is -2.42. The Balaban J connectivity index is 1.86. The Morgan fingerprint density at radius 1 is 1.42 bits per heavy atom. The fraction of sp³-hybridized carbons (Fsp3) is 0.556. The highest BCUT2D eigenvalue weighted by atomic mass is 16.3. The molecular weight excluding hydrogens is 152 g/mol. The fourth-order valence-electron chi connectivity index (χ4n) is 1.51. The molecule has 0 bridgehead atoms. The predicted molar refractivity (Wildman–Crippen MR) is 46.9 cm³/mol. The smallest absolute Gasteiger partial charge is 0.0947 e. The Kier molecular flexibility index (Phi) is 2.44. The standard InChI is InChI=1S/C9H14N2O/c1-6-12-8-9(1)7-11-4-2-10-3-5-11/h1,6,8,10H,2-5,7H2. The highest BCUT2D eigenvalue weighted by Gasteiger charge is 2.09. The third kappa shape index (κ3) is 1.87. The summed E-state index contributed by atoms with van der Waals surface area (Å²) in [6.07, 6.45) is 3.56. The van der Waals surface area contributed by atoms with Crippen LogP contribution in [0.15, 0.2) is 23.0 Å². The van der Waals surface area contributed by atoms with Gasteiger partial charge < -0.3 is 9.73 Å². The number of nitrogens with zero attached hydrogens (tertiary/aromatic N) is 1. The molecule has 0 saturated carbocycles. The molecule has 0 aliphatic carbocycles. The van der Waals surface area contributed by atoms with Gasteiger partial charge in [0.25, 0.3) is 0 Å². The molecule has 1 N–H and O–H groups in total. The number of rotatable bonds is 2. The second kappa shape index (κ2) is 3.74. The number of furan rings is 1. The van der Waals surface area contributed by atoms with E-state index in [1.807, 2.05) is 12.3 Å². The van der Waals surface area contributed by atoms with Gasteiger partial charge in [0.15, 0.2) is 0 Å². The first kappa shape index (κ1) is 7.83. The van der Waals surface area contributed by atoms with Crippen LogP contribution >= 0.6 is 0 Å². The zero-order chi connectivity index (χ0) is 8.23. The average Bonchev–Trinajstić information content (AvgIpc) is 2.59. The Bertz CT molecular complexity index is 214. The maximum Gasteiger partial charge on any atom is 0.0947 e. The maximum absolute atomic E-state index is 5.01. The normalized spacial score (nSPS) is 19.7. The molecule has 3 heteroatoms. The number of nitrogens with one attached hydrogen (secondary N) is 1. The van der Waals surface area contributed by atoms with E-state index in [1.165, 1.54) is 5.56 Å². The molecule has 1 fully saturated rings. The molecule has 66 valence electrons. The van der Waals surface area contributed by atoms with Crippen LogP contribution < -0.4 is 5.32 Å². The van der Waals surface area contributed by atoms with Crippen molar-refractivity contribution in [3.8, 4) is 0 Å². The van der Waals surface area contributed by atoms with Crippen LogP contribution in [0.2, 0.25) is 0 Å². The molecule has 2 heterocycles. The zero-order valence-corrected chi connectivity index (χ0v) is 7.12. The predicted octanol–water partition coefficient (Wildman–Crippen LogP) is 0.685. The van der Waals surface area contributed by atoms with Crippen LogP contribution in [0.25, 0.3) is 0 Å². The van der Waals surface area contributed by atoms with Crippen LogP contribution in [0.5, 0.6) is 0 Å². The lowest BCUT2D eigenvalue weighted by atomic mass is 10.3. The van der Waals surface area contributed by atoms with E-state index >= 15 is 0 Å². The van der Waals surface area contributed by atoms with E-state index in [0.29, 0.717) is 0 Å². The summed E-state index contributed by atoms with van der Waals surface area (Å²) in [6, 6.07) is 2.03. The summed E-state index contributed by atoms with van der Waals surface area (Å²) in [5.41, 5.74) is 1.27. The van der Waals surface area contributed by atoms with E-state index in [0.717, 1.165) is 32.7 Å². The van der Waals surface area contributed by atoms with E-state index < -0.39 is 0 Å². The van der Waals surface area contributed by atoms with Crippen molar-refractivity contribution in [1.82, 2.24) is 10.2 Å². The summed E-state index contributed by atoms with van der Waals surface area (Å²) < 4.78 is 5.01. The van der Waals surface area contributed by atoms with E-state index in [-0.39, 0.29) is 0 Å². The van der Waals surface area contributed by atoms with Gasteiger partial charge in [0.2, 0.25) is 0 Å². The average molecular weight is 166 g/mol. The molecule has 0 amide bonds. The minimum absolute atomic E-state index is 1.03. The molecule has 0 radical (unpaired) electrons. The van der Waals surface area contributed by atoms with Crippen LogP contribution in [0.4, 0.5) is 0 Å². The highest BCUT2D eigenvalue weighted by Crippen LogP contribution is 2.05. The molecule has 2 rings (SSSR count). The minimum Gasteiger partial charge on any atom is -0.472 e. The lowest BCUT2D eigenvalue weighted by Gasteiger charge is -2.26. The Morgan fingerprint density at radius 2 is 2.25 bits per heavy atom. The van der Waals surface area contributed by atoms with Gasteiger partial charge in [-0.3, -0.25) is 4.90 Å². The van der Waals surface area contributed by atoms with Crippen LogP contribution in [0, 0.1) is 0 Å². The van der Waals surface area contributed by atoms with E-state index in [4.69, 9.17) is 4.42 Å². The maximum atomic E-state index is 5.01. The van der Waals surface area contributed by atoms with Crippen LogP contribution in [0.1, 0.15) is 5.56 Å². The Labute approximate surface area is 72.4 Å². The van der Waals surface area contributed by atoms with Gasteiger partial charge in [-0.15, -0.1) is 0 Å². The second-order valence-electron chi connectivity index (χ2n) is 3.16. The molecule has 1 aliphatic rings. The quantitative estimate of drug-likeness (QED) is 0.700. The third-order valence-electron chi connectivity index (χ3n) is 2.20. The van der Waals surface area contributed by atoms with Gasteiger partial charge in [-0.2, -0.15) is 0 Å². The summed E-state index contributed by atoms with van der Waals surface area (Å²) in [4.78, 5) is 2.43. The highest BCUT2D eigenvalue weighted by molar-refractivity contribution is 5.04. The molecule has 0 spiro atoms. The molecule has 0 atom stereocenters. The van der Waals surface area contributed by atoms with Crippen molar-refractivity contribution in [2.75, 3.05) is 26.2 Å². The zero-order valence-electron chi connectivity index (χ0n) is 7.12. The molecular formula is C9H14N2O. The van der Waals surface area contributed by atoms with Gasteiger partial charge >= 0.3 is 0 Å². The first-order valence-corrected chi connectivity index (χ1v) is 4.39. The number of hydrogen-bond acceptors (Lipinski definition) is 3. The molecule has 1 saturated heterocycles. The molecule has 1 aliphatic heterocycles. The number of piperazine rings is 1. The number of hydrogen-bond donors (Lipinski definition) is 1. The van der Waals surface area contributed by atoms with Gasteiger partial charge in [0.1, 0.15) is 0 Å². The van der Waals surface area contributed by atoms with Crippen LogP contribution in [-0.2, 0) is 6.54 Å². The molecule has 0 unspecified atom stereocenters. The van der Waals surface area contributed by atoms with Crippen molar-refractivity contribution in [1.29, 1.82) is 0 Å². The molecule has 1 aromatic rings. The van der Waals surface area contributed by atoms with Crippen molar-refractivity contribution < 1.29 is 4.42 Å². The van der Waals surface area contributed by atoms with Gasteiger partial charge in [-0.05, 0) is 6.07 Å². The SMILES string of the molecule is c1cc(CN2CCNCC2)co1. The van der Waals surface area contributed by atoms with E-state index in [9.17, 15) is 0 Å². The first-order valence-electron chi connectivity index (χ1n) is 4.39. The van der Waals surface area contributed by atoms with Crippen LogP contribution in [0.3, 0.4) is 0 Å². The summed E-state index contributed by atoms with van der Waals surface area (Å²) in [7, 11) is 0. The largest absolute Gasteiger partial charge is 0.472 e. The minimum atomic E-state index is 1.03. The van der Waals surface area contributed by atoms with Crippen molar-refractivity contribution in [2.45, 2.75) is 6.54 Å². The Hall–Kier alpha value is -0.800. The summed E-state index contributed by atoms with van der Waals surface area (Å²) >= 11 is 0. The third-order valence-corrected chi connectivity index (χ3v) is 2.20. The molecule has 1 aromatic heterocycles. The topological polar surface area (TPSA) is 28.4 Å². The lowest BCUT2D eigenvalue weighted by molar-refractivity contribution is 0.232. The van der Waals surface area contributed by atoms with E-state index in [1.54, 1.807) is 6.26 Å². The van der Waals surface area contributed by atoms with E-state index in [2.05, 4.69) is 10.2 Å².